The summed E-state index contributed by atoms with van der Waals surface area (Å²) in [5.74, 6) is 0.523. The molecule has 0 radical (unpaired) electrons. The van der Waals surface area contributed by atoms with Crippen LogP contribution < -0.4 is 11.4 Å². The van der Waals surface area contributed by atoms with Gasteiger partial charge in [0.2, 0.25) is 0 Å². The third-order valence-electron chi connectivity index (χ3n) is 4.89. The molecule has 2 heterocycles. The maximum atomic E-state index is 12.9. The molecule has 27 heavy (non-hydrogen) atoms. The van der Waals surface area contributed by atoms with Gasteiger partial charge in [0.15, 0.2) is 0 Å². The van der Waals surface area contributed by atoms with Gasteiger partial charge in [0.25, 0.3) is 0 Å². The largest absolute Gasteiger partial charge is 0.329 e. The molecule has 7 heteroatoms. The number of rotatable bonds is 7. The number of aromatic nitrogens is 4. The molecule has 0 aliphatic carbocycles. The van der Waals surface area contributed by atoms with E-state index in [0.717, 1.165) is 28.5 Å². The molecular formula is C20H21ClN4O2. The molecule has 0 amide bonds. The Kier molecular flexibility index (Phi) is 4.90. The SMILES string of the molecule is O=c1[nH]c2ccccc2n1CCCn1c(=O)n(CCCCl)c2ccccc21. The van der Waals surface area contributed by atoms with Crippen LogP contribution in [0.4, 0.5) is 0 Å². The van der Waals surface area contributed by atoms with Gasteiger partial charge in [-0.1, -0.05) is 24.3 Å². The lowest BCUT2D eigenvalue weighted by Crippen LogP contribution is -2.25. The van der Waals surface area contributed by atoms with E-state index in [1.54, 1.807) is 13.7 Å². The Morgan fingerprint density at radius 2 is 1.30 bits per heavy atom. The fraction of sp³-hybridized carbons (Fsp3) is 0.300. The van der Waals surface area contributed by atoms with Gasteiger partial charge in [-0.15, -0.1) is 11.6 Å². The highest BCUT2D eigenvalue weighted by molar-refractivity contribution is 6.17. The smallest absolute Gasteiger partial charge is 0.306 e. The van der Waals surface area contributed by atoms with E-state index in [9.17, 15) is 9.59 Å². The van der Waals surface area contributed by atoms with E-state index in [1.807, 2.05) is 48.5 Å². The predicted octanol–water partition coefficient (Wildman–Crippen LogP) is 3.17. The van der Waals surface area contributed by atoms with Crippen LogP contribution in [-0.4, -0.2) is 24.6 Å². The molecule has 0 saturated heterocycles. The Morgan fingerprint density at radius 3 is 1.96 bits per heavy atom. The topological polar surface area (TPSA) is 64.7 Å². The van der Waals surface area contributed by atoms with Gasteiger partial charge in [0.1, 0.15) is 0 Å². The number of aromatic amines is 1. The van der Waals surface area contributed by atoms with Gasteiger partial charge < -0.3 is 4.98 Å². The third kappa shape index (κ3) is 3.21. The number of hydrogen-bond acceptors (Lipinski definition) is 2. The van der Waals surface area contributed by atoms with E-state index < -0.39 is 0 Å². The van der Waals surface area contributed by atoms with Crippen molar-refractivity contribution in [2.24, 2.45) is 0 Å². The number of halogens is 1. The second-order valence-electron chi connectivity index (χ2n) is 6.57. The summed E-state index contributed by atoms with van der Waals surface area (Å²) in [6, 6.07) is 15.4. The summed E-state index contributed by atoms with van der Waals surface area (Å²) in [6.07, 6.45) is 1.44. The van der Waals surface area contributed by atoms with Crippen molar-refractivity contribution in [3.8, 4) is 0 Å². The number of imidazole rings is 2. The van der Waals surface area contributed by atoms with Crippen LogP contribution in [0.2, 0.25) is 0 Å². The number of benzene rings is 2. The van der Waals surface area contributed by atoms with E-state index in [1.165, 1.54) is 0 Å². The molecule has 0 atom stereocenters. The average Bonchev–Trinajstić information content (AvgIpc) is 3.14. The lowest BCUT2D eigenvalue weighted by molar-refractivity contribution is 0.546. The molecule has 0 unspecified atom stereocenters. The number of nitrogens with zero attached hydrogens (tertiary/aromatic N) is 3. The number of alkyl halides is 1. The van der Waals surface area contributed by atoms with Gasteiger partial charge in [-0.05, 0) is 37.1 Å². The number of aryl methyl sites for hydroxylation is 3. The molecule has 4 aromatic rings. The molecule has 140 valence electrons. The lowest BCUT2D eigenvalue weighted by Gasteiger charge is -2.05. The van der Waals surface area contributed by atoms with Crippen molar-refractivity contribution in [3.05, 3.63) is 69.5 Å². The Balaban J connectivity index is 1.60. The number of H-pyrrole nitrogens is 1. The van der Waals surface area contributed by atoms with Crippen molar-refractivity contribution in [2.45, 2.75) is 32.5 Å². The van der Waals surface area contributed by atoms with E-state index in [0.29, 0.717) is 31.9 Å². The van der Waals surface area contributed by atoms with E-state index in [-0.39, 0.29) is 11.4 Å². The first-order chi connectivity index (χ1) is 13.2. The van der Waals surface area contributed by atoms with Crippen LogP contribution in [0.5, 0.6) is 0 Å². The quantitative estimate of drug-likeness (QED) is 0.497. The van der Waals surface area contributed by atoms with Gasteiger partial charge >= 0.3 is 11.4 Å². The first kappa shape index (κ1) is 17.7. The van der Waals surface area contributed by atoms with Crippen molar-refractivity contribution >= 4 is 33.7 Å². The van der Waals surface area contributed by atoms with Crippen molar-refractivity contribution in [3.63, 3.8) is 0 Å². The molecule has 1 N–H and O–H groups in total. The highest BCUT2D eigenvalue weighted by atomic mass is 35.5. The normalized spacial score (nSPS) is 11.6. The molecule has 4 rings (SSSR count). The fourth-order valence-corrected chi connectivity index (χ4v) is 3.76. The molecule has 2 aromatic heterocycles. The van der Waals surface area contributed by atoms with Crippen LogP contribution in [0.15, 0.2) is 58.1 Å². The molecule has 0 saturated carbocycles. The molecule has 6 nitrogen and oxygen atoms in total. The number of para-hydroxylation sites is 4. The highest BCUT2D eigenvalue weighted by Gasteiger charge is 2.13. The highest BCUT2D eigenvalue weighted by Crippen LogP contribution is 2.15. The average molecular weight is 385 g/mol. The predicted molar refractivity (Wildman–Crippen MR) is 109 cm³/mol. The lowest BCUT2D eigenvalue weighted by atomic mass is 10.3. The van der Waals surface area contributed by atoms with Crippen molar-refractivity contribution < 1.29 is 0 Å². The second kappa shape index (κ2) is 7.48. The standard InChI is InChI=1S/C20H21ClN4O2/c21-11-5-12-24-17-9-3-4-10-18(17)25(20(24)27)14-6-13-23-16-8-2-1-7-15(16)22-19(23)26/h1-4,7-10H,5-6,11-14H2,(H,22,26). The van der Waals surface area contributed by atoms with Gasteiger partial charge in [0, 0.05) is 25.5 Å². The first-order valence-corrected chi connectivity index (χ1v) is 9.66. The van der Waals surface area contributed by atoms with Crippen molar-refractivity contribution in [2.75, 3.05) is 5.88 Å². The minimum absolute atomic E-state index is 0.0207. The molecule has 0 bridgehead atoms. The molecular weight excluding hydrogens is 364 g/mol. The summed E-state index contributed by atoms with van der Waals surface area (Å²) in [7, 11) is 0. The monoisotopic (exact) mass is 384 g/mol. The van der Waals surface area contributed by atoms with Crippen LogP contribution >= 0.6 is 11.6 Å². The summed E-state index contributed by atoms with van der Waals surface area (Å²) in [6.45, 7) is 1.72. The van der Waals surface area contributed by atoms with Gasteiger partial charge in [0.05, 0.1) is 22.1 Å². The fourth-order valence-electron chi connectivity index (χ4n) is 3.64. The molecule has 2 aromatic carbocycles. The summed E-state index contributed by atoms with van der Waals surface area (Å²) < 4.78 is 5.31. The van der Waals surface area contributed by atoms with Crippen molar-refractivity contribution in [1.82, 2.24) is 18.7 Å². The molecule has 0 aliphatic rings. The molecule has 0 aliphatic heterocycles. The van der Waals surface area contributed by atoms with Crippen molar-refractivity contribution in [1.29, 1.82) is 0 Å². The summed E-state index contributed by atoms with van der Waals surface area (Å²) >= 11 is 5.81. The zero-order valence-electron chi connectivity index (χ0n) is 14.9. The second-order valence-corrected chi connectivity index (χ2v) is 6.95. The molecule has 0 spiro atoms. The zero-order chi connectivity index (χ0) is 18.8. The Morgan fingerprint density at radius 1 is 0.741 bits per heavy atom. The summed E-state index contributed by atoms with van der Waals surface area (Å²) in [4.78, 5) is 27.9. The maximum absolute atomic E-state index is 12.9. The van der Waals surface area contributed by atoms with Crippen LogP contribution in [0.25, 0.3) is 22.1 Å². The van der Waals surface area contributed by atoms with Crippen LogP contribution in [0.1, 0.15) is 12.8 Å². The van der Waals surface area contributed by atoms with Gasteiger partial charge in [-0.3, -0.25) is 13.7 Å². The number of nitrogens with one attached hydrogen (secondary N) is 1. The van der Waals surface area contributed by atoms with E-state index >= 15 is 0 Å². The first-order valence-electron chi connectivity index (χ1n) is 9.12. The van der Waals surface area contributed by atoms with Gasteiger partial charge in [-0.25, -0.2) is 9.59 Å². The minimum atomic E-state index is -0.118. The third-order valence-corrected chi connectivity index (χ3v) is 5.15. The van der Waals surface area contributed by atoms with Crippen LogP contribution in [0, 0.1) is 0 Å². The van der Waals surface area contributed by atoms with E-state index in [4.69, 9.17) is 11.6 Å². The summed E-state index contributed by atoms with van der Waals surface area (Å²) in [5.41, 5.74) is 3.43. The Hall–Kier alpha value is -2.73. The maximum Gasteiger partial charge on any atom is 0.329 e. The Labute approximate surface area is 160 Å². The minimum Gasteiger partial charge on any atom is -0.306 e. The summed E-state index contributed by atoms with van der Waals surface area (Å²) in [5, 5.41) is 0. The zero-order valence-corrected chi connectivity index (χ0v) is 15.7. The van der Waals surface area contributed by atoms with E-state index in [2.05, 4.69) is 4.98 Å². The number of hydrogen-bond donors (Lipinski definition) is 1. The Bertz CT molecular complexity index is 1200. The van der Waals surface area contributed by atoms with Crippen LogP contribution in [0.3, 0.4) is 0 Å². The molecule has 0 fully saturated rings. The number of fused-ring (bicyclic) bond motifs is 2. The van der Waals surface area contributed by atoms with Crippen LogP contribution in [-0.2, 0) is 19.6 Å². The van der Waals surface area contributed by atoms with Gasteiger partial charge in [-0.2, -0.15) is 0 Å².